The van der Waals surface area contributed by atoms with Gasteiger partial charge in [-0.3, -0.25) is 10.1 Å². The van der Waals surface area contributed by atoms with Crippen LogP contribution in [-0.4, -0.2) is 32.6 Å². The van der Waals surface area contributed by atoms with Crippen molar-refractivity contribution in [1.29, 1.82) is 0 Å². The van der Waals surface area contributed by atoms with Gasteiger partial charge in [0.05, 0.1) is 10.5 Å². The van der Waals surface area contributed by atoms with Gasteiger partial charge in [-0.05, 0) is 76.7 Å². The van der Waals surface area contributed by atoms with Gasteiger partial charge in [0, 0.05) is 32.0 Å². The standard InChI is InChI=1S/C32H41NO2S2Si2/c1-38(2,3)23-21-36-30-17-11-26(12-18-30)7-8-28-10-16-29(32(25-28)33(34)35)15-9-27-13-19-31(20-14-27)37-22-24-39(4,5)6/h7-20,25H,21-24H2,1-6H3/b8-7+,15-9+. The van der Waals surface area contributed by atoms with Crippen LogP contribution in [0.25, 0.3) is 24.3 Å². The molecule has 3 rings (SSSR count). The van der Waals surface area contributed by atoms with Gasteiger partial charge in [-0.25, -0.2) is 0 Å². The van der Waals surface area contributed by atoms with Crippen molar-refractivity contribution in [3.8, 4) is 0 Å². The number of hydrogen-bond acceptors (Lipinski definition) is 4. The molecule has 0 N–H and O–H groups in total. The quantitative estimate of drug-likeness (QED) is 0.0652. The Morgan fingerprint density at radius 1 is 0.641 bits per heavy atom. The summed E-state index contributed by atoms with van der Waals surface area (Å²) in [7, 11) is -2.02. The molecule has 0 spiro atoms. The van der Waals surface area contributed by atoms with Crippen LogP contribution in [-0.2, 0) is 0 Å². The van der Waals surface area contributed by atoms with E-state index in [1.165, 1.54) is 27.6 Å². The van der Waals surface area contributed by atoms with Gasteiger partial charge in [0.15, 0.2) is 0 Å². The highest BCUT2D eigenvalue weighted by Gasteiger charge is 2.14. The molecule has 3 aromatic rings. The summed E-state index contributed by atoms with van der Waals surface area (Å²) in [4.78, 5) is 14.1. The molecule has 7 heteroatoms. The summed E-state index contributed by atoms with van der Waals surface area (Å²) in [5.41, 5.74) is 3.64. The van der Waals surface area contributed by atoms with Crippen LogP contribution in [0, 0.1) is 10.1 Å². The maximum absolute atomic E-state index is 11.8. The van der Waals surface area contributed by atoms with E-state index < -0.39 is 16.1 Å². The molecule has 0 radical (unpaired) electrons. The summed E-state index contributed by atoms with van der Waals surface area (Å²) in [6, 6.07) is 25.0. The van der Waals surface area contributed by atoms with E-state index in [1.807, 2.05) is 60.0 Å². The third-order valence-corrected chi connectivity index (χ3v) is 12.4. The molecule has 0 aliphatic carbocycles. The molecular formula is C32H41NO2S2Si2. The van der Waals surface area contributed by atoms with Crippen LogP contribution in [0.5, 0.6) is 0 Å². The lowest BCUT2D eigenvalue weighted by Gasteiger charge is -2.14. The van der Waals surface area contributed by atoms with E-state index in [0.29, 0.717) is 5.56 Å². The third-order valence-electron chi connectivity index (χ3n) is 6.18. The van der Waals surface area contributed by atoms with Crippen LogP contribution in [0.4, 0.5) is 5.69 Å². The Morgan fingerprint density at radius 2 is 1.05 bits per heavy atom. The van der Waals surface area contributed by atoms with Gasteiger partial charge in [-0.2, -0.15) is 0 Å². The van der Waals surface area contributed by atoms with Gasteiger partial charge in [0.2, 0.25) is 0 Å². The number of nitro benzene ring substituents is 1. The molecule has 0 saturated heterocycles. The average molecular weight is 592 g/mol. The number of hydrogen-bond donors (Lipinski definition) is 0. The Balaban J connectivity index is 1.62. The topological polar surface area (TPSA) is 43.1 Å². The zero-order chi connectivity index (χ0) is 28.5. The lowest BCUT2D eigenvalue weighted by Crippen LogP contribution is -2.19. The molecule has 0 saturated carbocycles. The van der Waals surface area contributed by atoms with E-state index in [0.717, 1.165) is 22.4 Å². The van der Waals surface area contributed by atoms with Crippen molar-refractivity contribution in [1.82, 2.24) is 0 Å². The predicted octanol–water partition coefficient (Wildman–Crippen LogP) is 10.8. The van der Waals surface area contributed by atoms with Crippen LogP contribution in [0.2, 0.25) is 51.4 Å². The smallest absolute Gasteiger partial charge is 0.258 e. The van der Waals surface area contributed by atoms with E-state index in [4.69, 9.17) is 0 Å². The molecule has 0 fully saturated rings. The van der Waals surface area contributed by atoms with Gasteiger partial charge in [0.1, 0.15) is 0 Å². The first-order chi connectivity index (χ1) is 18.4. The Labute approximate surface area is 245 Å². The van der Waals surface area contributed by atoms with Crippen molar-refractivity contribution in [2.24, 2.45) is 0 Å². The molecule has 0 aliphatic rings. The highest BCUT2D eigenvalue weighted by atomic mass is 32.2. The SMILES string of the molecule is C[Si](C)(C)CCSc1ccc(/C=C/c2ccc(/C=C/c3ccc(SCC[Si](C)(C)C)cc3)c([N+](=O)[O-])c2)cc1. The summed E-state index contributed by atoms with van der Waals surface area (Å²) in [5, 5.41) is 11.8. The Morgan fingerprint density at radius 3 is 1.49 bits per heavy atom. The number of benzene rings is 3. The monoisotopic (exact) mass is 591 g/mol. The molecule has 0 heterocycles. The first-order valence-corrected chi connectivity index (χ1v) is 22.9. The first-order valence-electron chi connectivity index (χ1n) is 13.5. The molecule has 3 aromatic carbocycles. The Hall–Kier alpha value is -2.33. The second-order valence-electron chi connectivity index (χ2n) is 12.2. The fraction of sp³-hybridized carbons (Fsp3) is 0.312. The number of nitrogens with zero attached hydrogens (tertiary/aromatic N) is 1. The van der Waals surface area contributed by atoms with Gasteiger partial charge >= 0.3 is 0 Å². The fourth-order valence-electron chi connectivity index (χ4n) is 3.64. The summed E-state index contributed by atoms with van der Waals surface area (Å²) in [6.45, 7) is 14.4. The van der Waals surface area contributed by atoms with Gasteiger partial charge in [-0.15, -0.1) is 23.5 Å². The minimum atomic E-state index is -1.02. The number of nitro groups is 1. The van der Waals surface area contributed by atoms with E-state index in [9.17, 15) is 10.1 Å². The van der Waals surface area contributed by atoms with Crippen molar-refractivity contribution in [2.75, 3.05) is 11.5 Å². The highest BCUT2D eigenvalue weighted by Crippen LogP contribution is 2.27. The van der Waals surface area contributed by atoms with Crippen molar-refractivity contribution in [3.63, 3.8) is 0 Å². The summed E-state index contributed by atoms with van der Waals surface area (Å²) < 4.78 is 0. The second-order valence-corrected chi connectivity index (χ2v) is 25.8. The molecule has 0 unspecified atom stereocenters. The minimum Gasteiger partial charge on any atom is -0.258 e. The van der Waals surface area contributed by atoms with Crippen LogP contribution in [0.15, 0.2) is 76.5 Å². The largest absolute Gasteiger partial charge is 0.277 e. The first kappa shape index (κ1) is 31.2. The molecule has 0 aromatic heterocycles. The van der Waals surface area contributed by atoms with E-state index in [1.54, 1.807) is 6.07 Å². The normalized spacial score (nSPS) is 12.5. The average Bonchev–Trinajstić information content (AvgIpc) is 2.86. The van der Waals surface area contributed by atoms with E-state index >= 15 is 0 Å². The zero-order valence-electron chi connectivity index (χ0n) is 24.1. The Kier molecular flexibility index (Phi) is 11.5. The van der Waals surface area contributed by atoms with Gasteiger partial charge in [-0.1, -0.05) is 87.8 Å². The van der Waals surface area contributed by atoms with E-state index in [2.05, 4.69) is 87.8 Å². The van der Waals surface area contributed by atoms with Crippen molar-refractivity contribution < 1.29 is 4.92 Å². The molecular weight excluding hydrogens is 551 g/mol. The molecule has 0 bridgehead atoms. The van der Waals surface area contributed by atoms with E-state index in [-0.39, 0.29) is 10.6 Å². The maximum Gasteiger partial charge on any atom is 0.277 e. The van der Waals surface area contributed by atoms with Crippen LogP contribution < -0.4 is 0 Å². The molecule has 0 amide bonds. The summed E-state index contributed by atoms with van der Waals surface area (Å²) in [6.07, 6.45) is 7.72. The van der Waals surface area contributed by atoms with Crippen molar-refractivity contribution in [3.05, 3.63) is 99.1 Å². The lowest BCUT2D eigenvalue weighted by molar-refractivity contribution is -0.385. The summed E-state index contributed by atoms with van der Waals surface area (Å²) in [5.74, 6) is 2.32. The molecule has 0 aliphatic heterocycles. The Bertz CT molecular complexity index is 1290. The lowest BCUT2D eigenvalue weighted by atomic mass is 10.1. The van der Waals surface area contributed by atoms with Crippen LogP contribution in [0.3, 0.4) is 0 Å². The third kappa shape index (κ3) is 11.8. The minimum absolute atomic E-state index is 0.112. The fourth-order valence-corrected chi connectivity index (χ4v) is 10.5. The highest BCUT2D eigenvalue weighted by molar-refractivity contribution is 7.99. The molecule has 39 heavy (non-hydrogen) atoms. The van der Waals surface area contributed by atoms with Crippen LogP contribution in [0.1, 0.15) is 22.3 Å². The summed E-state index contributed by atoms with van der Waals surface area (Å²) >= 11 is 3.81. The molecule has 206 valence electrons. The van der Waals surface area contributed by atoms with Crippen LogP contribution >= 0.6 is 23.5 Å². The van der Waals surface area contributed by atoms with Crippen molar-refractivity contribution in [2.45, 2.75) is 61.2 Å². The predicted molar refractivity (Wildman–Crippen MR) is 182 cm³/mol. The maximum atomic E-state index is 11.8. The molecule has 0 atom stereocenters. The number of thioether (sulfide) groups is 2. The number of rotatable bonds is 13. The molecule has 3 nitrogen and oxygen atoms in total. The second kappa shape index (κ2) is 14.3. The van der Waals surface area contributed by atoms with Gasteiger partial charge < -0.3 is 0 Å². The zero-order valence-corrected chi connectivity index (χ0v) is 27.7. The van der Waals surface area contributed by atoms with Crippen molar-refractivity contribution >= 4 is 69.7 Å². The van der Waals surface area contributed by atoms with Gasteiger partial charge in [0.25, 0.3) is 5.69 Å².